The molecule has 0 aliphatic rings. The number of carbonyl (C=O) groups excluding carboxylic acids is 1. The van der Waals surface area contributed by atoms with E-state index >= 15 is 0 Å². The molecule has 2 nitrogen and oxygen atoms in total. The largest absolute Gasteiger partial charge is 0.466 e. The van der Waals surface area contributed by atoms with E-state index in [-0.39, 0.29) is 5.97 Å². The van der Waals surface area contributed by atoms with Crippen LogP contribution >= 0.6 is 0 Å². The van der Waals surface area contributed by atoms with E-state index < -0.39 is 0 Å². The summed E-state index contributed by atoms with van der Waals surface area (Å²) in [5, 5.41) is 0. The molecule has 0 saturated heterocycles. The van der Waals surface area contributed by atoms with E-state index in [1.165, 1.54) is 38.5 Å². The van der Waals surface area contributed by atoms with Crippen LogP contribution in [0, 0.1) is 0 Å². The second kappa shape index (κ2) is 15.3. The fourth-order valence-electron chi connectivity index (χ4n) is 1.87. The maximum Gasteiger partial charge on any atom is 0.305 e. The van der Waals surface area contributed by atoms with Crippen molar-refractivity contribution in [2.75, 3.05) is 6.61 Å². The van der Waals surface area contributed by atoms with Gasteiger partial charge in [0.05, 0.1) is 6.61 Å². The molecule has 0 aromatic rings. The maximum atomic E-state index is 11.3. The molecule has 0 atom stereocenters. The zero-order valence-corrected chi connectivity index (χ0v) is 13.0. The molecule has 0 rings (SSSR count). The summed E-state index contributed by atoms with van der Waals surface area (Å²) in [6.07, 6.45) is 16.9. The van der Waals surface area contributed by atoms with Gasteiger partial charge in [-0.1, -0.05) is 58.1 Å². The average molecular weight is 268 g/mol. The number of esters is 1. The van der Waals surface area contributed by atoms with Gasteiger partial charge in [-0.25, -0.2) is 0 Å². The lowest BCUT2D eigenvalue weighted by Crippen LogP contribution is -2.04. The topological polar surface area (TPSA) is 26.3 Å². The smallest absolute Gasteiger partial charge is 0.305 e. The van der Waals surface area contributed by atoms with Gasteiger partial charge in [0.15, 0.2) is 0 Å². The molecule has 0 bridgehead atoms. The fraction of sp³-hybridized carbons (Fsp3) is 0.824. The van der Waals surface area contributed by atoms with E-state index in [1.807, 2.05) is 0 Å². The number of hydrogen-bond donors (Lipinski definition) is 0. The lowest BCUT2D eigenvalue weighted by molar-refractivity contribution is -0.143. The van der Waals surface area contributed by atoms with Crippen LogP contribution in [0.3, 0.4) is 0 Å². The van der Waals surface area contributed by atoms with Gasteiger partial charge in [-0.3, -0.25) is 4.79 Å². The standard InChI is InChI=1S/C17H32O2/c1-3-5-7-8-9-10-11-12-13-14-15-17(18)19-16-6-4-2/h11-12H,3-10,13-16H2,1-2H3/b12-11+. The first-order chi connectivity index (χ1) is 9.31. The third-order valence-corrected chi connectivity index (χ3v) is 3.15. The highest BCUT2D eigenvalue weighted by Crippen LogP contribution is 2.06. The van der Waals surface area contributed by atoms with Gasteiger partial charge in [-0.2, -0.15) is 0 Å². The van der Waals surface area contributed by atoms with Gasteiger partial charge in [-0.15, -0.1) is 0 Å². The lowest BCUT2D eigenvalue weighted by Gasteiger charge is -2.02. The molecule has 0 N–H and O–H groups in total. The van der Waals surface area contributed by atoms with Gasteiger partial charge in [0.2, 0.25) is 0 Å². The van der Waals surface area contributed by atoms with Crippen molar-refractivity contribution in [3.63, 3.8) is 0 Å². The molecule has 0 amide bonds. The minimum absolute atomic E-state index is 0.0404. The molecular weight excluding hydrogens is 236 g/mol. The molecule has 2 heteroatoms. The van der Waals surface area contributed by atoms with Crippen molar-refractivity contribution in [1.82, 2.24) is 0 Å². The van der Waals surface area contributed by atoms with Gasteiger partial charge in [0, 0.05) is 6.42 Å². The molecule has 0 aliphatic carbocycles. The minimum atomic E-state index is -0.0404. The summed E-state index contributed by atoms with van der Waals surface area (Å²) in [4.78, 5) is 11.3. The van der Waals surface area contributed by atoms with Crippen LogP contribution in [-0.2, 0) is 9.53 Å². The normalized spacial score (nSPS) is 11.1. The van der Waals surface area contributed by atoms with Crippen LogP contribution in [-0.4, -0.2) is 12.6 Å². The van der Waals surface area contributed by atoms with Crippen LogP contribution in [0.5, 0.6) is 0 Å². The number of carbonyl (C=O) groups is 1. The predicted molar refractivity (Wildman–Crippen MR) is 82.2 cm³/mol. The Kier molecular flexibility index (Phi) is 14.6. The second-order valence-electron chi connectivity index (χ2n) is 5.14. The zero-order valence-electron chi connectivity index (χ0n) is 13.0. The molecule has 0 radical (unpaired) electrons. The maximum absolute atomic E-state index is 11.3. The third kappa shape index (κ3) is 15.2. The number of unbranched alkanes of at least 4 members (excludes halogenated alkanes) is 7. The molecule has 0 saturated carbocycles. The molecule has 0 aliphatic heterocycles. The molecule has 0 fully saturated rings. The fourth-order valence-corrected chi connectivity index (χ4v) is 1.87. The van der Waals surface area contributed by atoms with Gasteiger partial charge in [0.25, 0.3) is 0 Å². The van der Waals surface area contributed by atoms with Crippen LogP contribution < -0.4 is 0 Å². The molecule has 0 unspecified atom stereocenters. The van der Waals surface area contributed by atoms with Crippen molar-refractivity contribution in [2.45, 2.75) is 84.5 Å². The van der Waals surface area contributed by atoms with Crippen molar-refractivity contribution in [3.8, 4) is 0 Å². The number of ether oxygens (including phenoxy) is 1. The summed E-state index contributed by atoms with van der Waals surface area (Å²) >= 11 is 0. The Morgan fingerprint density at radius 2 is 1.47 bits per heavy atom. The molecule has 112 valence electrons. The van der Waals surface area contributed by atoms with Crippen LogP contribution in [0.25, 0.3) is 0 Å². The Morgan fingerprint density at radius 3 is 2.16 bits per heavy atom. The highest BCUT2D eigenvalue weighted by molar-refractivity contribution is 5.69. The predicted octanol–water partition coefficient (Wildman–Crippen LogP) is 5.42. The summed E-state index contributed by atoms with van der Waals surface area (Å²) in [5.41, 5.74) is 0. The third-order valence-electron chi connectivity index (χ3n) is 3.15. The van der Waals surface area contributed by atoms with E-state index in [4.69, 9.17) is 4.74 Å². The number of rotatable bonds is 13. The van der Waals surface area contributed by atoms with E-state index in [1.54, 1.807) is 0 Å². The van der Waals surface area contributed by atoms with Crippen molar-refractivity contribution in [2.24, 2.45) is 0 Å². The van der Waals surface area contributed by atoms with Gasteiger partial charge in [-0.05, 0) is 32.1 Å². The van der Waals surface area contributed by atoms with Gasteiger partial charge in [0.1, 0.15) is 0 Å². The molecule has 0 aromatic heterocycles. The first-order valence-corrected chi connectivity index (χ1v) is 8.11. The molecule has 0 heterocycles. The Balaban J connectivity index is 3.22. The number of allylic oxidation sites excluding steroid dienone is 2. The van der Waals surface area contributed by atoms with Crippen LogP contribution in [0.2, 0.25) is 0 Å². The van der Waals surface area contributed by atoms with E-state index in [0.29, 0.717) is 13.0 Å². The Hall–Kier alpha value is -0.790. The van der Waals surface area contributed by atoms with E-state index in [0.717, 1.165) is 25.7 Å². The zero-order chi connectivity index (χ0) is 14.2. The molecule has 0 aromatic carbocycles. The minimum Gasteiger partial charge on any atom is -0.466 e. The van der Waals surface area contributed by atoms with Crippen LogP contribution in [0.4, 0.5) is 0 Å². The molecule has 19 heavy (non-hydrogen) atoms. The Morgan fingerprint density at radius 1 is 0.842 bits per heavy atom. The van der Waals surface area contributed by atoms with E-state index in [2.05, 4.69) is 26.0 Å². The van der Waals surface area contributed by atoms with Crippen molar-refractivity contribution >= 4 is 5.97 Å². The van der Waals surface area contributed by atoms with Crippen molar-refractivity contribution in [1.29, 1.82) is 0 Å². The molecule has 0 spiro atoms. The van der Waals surface area contributed by atoms with Crippen LogP contribution in [0.1, 0.15) is 84.5 Å². The molecular formula is C17H32O2. The van der Waals surface area contributed by atoms with Gasteiger partial charge < -0.3 is 4.74 Å². The SMILES string of the molecule is CCCCCCC/C=C/CCCC(=O)OCCCC. The van der Waals surface area contributed by atoms with Crippen LogP contribution in [0.15, 0.2) is 12.2 Å². The summed E-state index contributed by atoms with van der Waals surface area (Å²) in [6.45, 7) is 4.93. The first kappa shape index (κ1) is 18.2. The Labute approximate surface area is 119 Å². The second-order valence-corrected chi connectivity index (χ2v) is 5.14. The van der Waals surface area contributed by atoms with Crippen molar-refractivity contribution in [3.05, 3.63) is 12.2 Å². The Bertz CT molecular complexity index is 221. The summed E-state index contributed by atoms with van der Waals surface area (Å²) in [5.74, 6) is -0.0404. The summed E-state index contributed by atoms with van der Waals surface area (Å²) < 4.78 is 5.10. The number of hydrogen-bond acceptors (Lipinski definition) is 2. The van der Waals surface area contributed by atoms with Gasteiger partial charge >= 0.3 is 5.97 Å². The van der Waals surface area contributed by atoms with E-state index in [9.17, 15) is 4.79 Å². The average Bonchev–Trinajstić information content (AvgIpc) is 2.41. The quantitative estimate of drug-likeness (QED) is 0.253. The highest BCUT2D eigenvalue weighted by atomic mass is 16.5. The summed E-state index contributed by atoms with van der Waals surface area (Å²) in [7, 11) is 0. The monoisotopic (exact) mass is 268 g/mol. The lowest BCUT2D eigenvalue weighted by atomic mass is 10.1. The highest BCUT2D eigenvalue weighted by Gasteiger charge is 2.00. The van der Waals surface area contributed by atoms with Crippen molar-refractivity contribution < 1.29 is 9.53 Å². The first-order valence-electron chi connectivity index (χ1n) is 8.11. The summed E-state index contributed by atoms with van der Waals surface area (Å²) in [6, 6.07) is 0.